The standard InChI is InChI=1S/C20H20N2O4/c1-22(13-7-12-21)19(23)15-26-20(24)18-11-6-5-8-16(18)14-25-17-9-3-2-4-10-17/h2-6,8-11H,7,13-15H2,1H3. The SMILES string of the molecule is CN(CCC#N)C(=O)COC(=O)c1ccccc1COc1ccccc1. The number of hydrogen-bond acceptors (Lipinski definition) is 5. The van der Waals surface area contributed by atoms with Crippen molar-refractivity contribution in [3.8, 4) is 11.8 Å². The first-order valence-electron chi connectivity index (χ1n) is 8.15. The van der Waals surface area contributed by atoms with Crippen LogP contribution in [0.3, 0.4) is 0 Å². The van der Waals surface area contributed by atoms with Crippen LogP contribution in [0.25, 0.3) is 0 Å². The van der Waals surface area contributed by atoms with Crippen LogP contribution in [0, 0.1) is 11.3 Å². The van der Waals surface area contributed by atoms with Crippen molar-refractivity contribution < 1.29 is 19.1 Å². The first kappa shape index (κ1) is 19.0. The number of benzene rings is 2. The van der Waals surface area contributed by atoms with Crippen LogP contribution >= 0.6 is 0 Å². The van der Waals surface area contributed by atoms with E-state index in [1.54, 1.807) is 31.3 Å². The predicted molar refractivity (Wildman–Crippen MR) is 95.4 cm³/mol. The largest absolute Gasteiger partial charge is 0.489 e. The number of amides is 1. The summed E-state index contributed by atoms with van der Waals surface area (Å²) in [4.78, 5) is 25.6. The maximum absolute atomic E-state index is 12.3. The van der Waals surface area contributed by atoms with E-state index in [0.717, 1.165) is 0 Å². The van der Waals surface area contributed by atoms with Crippen LogP contribution in [-0.4, -0.2) is 37.0 Å². The summed E-state index contributed by atoms with van der Waals surface area (Å²) in [5.41, 5.74) is 1.03. The van der Waals surface area contributed by atoms with E-state index in [1.165, 1.54) is 4.90 Å². The Morgan fingerprint density at radius 3 is 2.50 bits per heavy atom. The van der Waals surface area contributed by atoms with Gasteiger partial charge in [-0.15, -0.1) is 0 Å². The van der Waals surface area contributed by atoms with Gasteiger partial charge in [-0.05, 0) is 18.2 Å². The summed E-state index contributed by atoms with van der Waals surface area (Å²) < 4.78 is 10.8. The quantitative estimate of drug-likeness (QED) is 0.683. The molecule has 0 N–H and O–H groups in total. The number of likely N-dealkylation sites (N-methyl/N-ethyl adjacent to an activating group) is 1. The highest BCUT2D eigenvalue weighted by Gasteiger charge is 2.16. The van der Waals surface area contributed by atoms with Crippen LogP contribution in [0.5, 0.6) is 5.75 Å². The number of carbonyl (C=O) groups excluding carboxylic acids is 2. The number of carbonyl (C=O) groups is 2. The molecule has 0 fully saturated rings. The monoisotopic (exact) mass is 352 g/mol. The molecule has 0 aliphatic carbocycles. The second-order valence-electron chi connectivity index (χ2n) is 5.56. The molecule has 6 nitrogen and oxygen atoms in total. The Kier molecular flexibility index (Phi) is 7.19. The molecule has 26 heavy (non-hydrogen) atoms. The van der Waals surface area contributed by atoms with Crippen molar-refractivity contribution in [1.29, 1.82) is 5.26 Å². The van der Waals surface area contributed by atoms with Gasteiger partial charge >= 0.3 is 5.97 Å². The van der Waals surface area contributed by atoms with Gasteiger partial charge in [0.05, 0.1) is 18.1 Å². The molecule has 0 aromatic heterocycles. The van der Waals surface area contributed by atoms with E-state index in [9.17, 15) is 9.59 Å². The summed E-state index contributed by atoms with van der Waals surface area (Å²) in [5.74, 6) is -0.240. The maximum atomic E-state index is 12.3. The minimum absolute atomic E-state index is 0.214. The molecule has 0 bridgehead atoms. The van der Waals surface area contributed by atoms with E-state index >= 15 is 0 Å². The molecule has 2 rings (SSSR count). The van der Waals surface area contributed by atoms with E-state index in [4.69, 9.17) is 14.7 Å². The molecule has 0 radical (unpaired) electrons. The Morgan fingerprint density at radius 2 is 1.77 bits per heavy atom. The first-order chi connectivity index (χ1) is 12.6. The van der Waals surface area contributed by atoms with Crippen molar-refractivity contribution in [2.75, 3.05) is 20.2 Å². The van der Waals surface area contributed by atoms with Gasteiger partial charge in [-0.1, -0.05) is 36.4 Å². The van der Waals surface area contributed by atoms with Gasteiger partial charge in [0.1, 0.15) is 12.4 Å². The average molecular weight is 352 g/mol. The Morgan fingerprint density at radius 1 is 1.08 bits per heavy atom. The van der Waals surface area contributed by atoms with Crippen LogP contribution in [-0.2, 0) is 16.1 Å². The van der Waals surface area contributed by atoms with Crippen molar-refractivity contribution in [2.45, 2.75) is 13.0 Å². The molecular formula is C20H20N2O4. The summed E-state index contributed by atoms with van der Waals surface area (Å²) >= 11 is 0. The first-order valence-corrected chi connectivity index (χ1v) is 8.15. The van der Waals surface area contributed by atoms with Crippen LogP contribution < -0.4 is 4.74 Å². The zero-order chi connectivity index (χ0) is 18.8. The number of esters is 1. The highest BCUT2D eigenvalue weighted by Crippen LogP contribution is 2.15. The molecule has 0 saturated carbocycles. The summed E-state index contributed by atoms with van der Waals surface area (Å²) in [6.07, 6.45) is 0.232. The molecule has 134 valence electrons. The molecule has 0 saturated heterocycles. The number of ether oxygens (including phenoxy) is 2. The van der Waals surface area contributed by atoms with Crippen molar-refractivity contribution in [2.24, 2.45) is 0 Å². The Bertz CT molecular complexity index is 784. The van der Waals surface area contributed by atoms with E-state index in [-0.39, 0.29) is 25.5 Å². The second-order valence-corrected chi connectivity index (χ2v) is 5.56. The molecule has 0 unspecified atom stereocenters. The normalized spacial score (nSPS) is 9.85. The van der Waals surface area contributed by atoms with Gasteiger partial charge in [-0.2, -0.15) is 5.26 Å². The van der Waals surface area contributed by atoms with Gasteiger partial charge in [-0.3, -0.25) is 4.79 Å². The summed E-state index contributed by atoms with van der Waals surface area (Å²) in [6.45, 7) is 0.147. The molecule has 6 heteroatoms. The van der Waals surface area contributed by atoms with Gasteiger partial charge < -0.3 is 14.4 Å². The van der Waals surface area contributed by atoms with E-state index < -0.39 is 5.97 Å². The minimum atomic E-state index is -0.584. The predicted octanol–water partition coefficient (Wildman–Crippen LogP) is 2.79. The van der Waals surface area contributed by atoms with E-state index in [1.807, 2.05) is 36.4 Å². The fourth-order valence-corrected chi connectivity index (χ4v) is 2.18. The fourth-order valence-electron chi connectivity index (χ4n) is 2.18. The fraction of sp³-hybridized carbons (Fsp3) is 0.250. The third kappa shape index (κ3) is 5.64. The number of hydrogen-bond donors (Lipinski definition) is 0. The van der Waals surface area contributed by atoms with Crippen molar-refractivity contribution in [3.05, 3.63) is 65.7 Å². The van der Waals surface area contributed by atoms with Gasteiger partial charge in [0.25, 0.3) is 5.91 Å². The molecule has 2 aromatic carbocycles. The third-order valence-electron chi connectivity index (χ3n) is 3.69. The lowest BCUT2D eigenvalue weighted by molar-refractivity contribution is -0.133. The van der Waals surface area contributed by atoms with Crippen molar-refractivity contribution in [1.82, 2.24) is 4.90 Å². The smallest absolute Gasteiger partial charge is 0.339 e. The van der Waals surface area contributed by atoms with Crippen molar-refractivity contribution in [3.63, 3.8) is 0 Å². The van der Waals surface area contributed by atoms with Crippen LogP contribution in [0.4, 0.5) is 0 Å². The lowest BCUT2D eigenvalue weighted by atomic mass is 10.1. The molecule has 0 aliphatic heterocycles. The number of nitriles is 1. The van der Waals surface area contributed by atoms with Crippen molar-refractivity contribution >= 4 is 11.9 Å². The van der Waals surface area contributed by atoms with Gasteiger partial charge in [-0.25, -0.2) is 4.79 Å². The number of para-hydroxylation sites is 1. The van der Waals surface area contributed by atoms with Crippen LogP contribution in [0.15, 0.2) is 54.6 Å². The minimum Gasteiger partial charge on any atom is -0.489 e. The Labute approximate surface area is 152 Å². The number of nitrogens with zero attached hydrogens (tertiary/aromatic N) is 2. The highest BCUT2D eigenvalue weighted by atomic mass is 16.5. The third-order valence-corrected chi connectivity index (χ3v) is 3.69. The lowest BCUT2D eigenvalue weighted by Gasteiger charge is -2.16. The lowest BCUT2D eigenvalue weighted by Crippen LogP contribution is -2.32. The Balaban J connectivity index is 1.94. The zero-order valence-electron chi connectivity index (χ0n) is 14.6. The zero-order valence-corrected chi connectivity index (χ0v) is 14.6. The Hall–Kier alpha value is -3.33. The topological polar surface area (TPSA) is 79.6 Å². The molecular weight excluding hydrogens is 332 g/mol. The molecule has 0 heterocycles. The highest BCUT2D eigenvalue weighted by molar-refractivity contribution is 5.92. The summed E-state index contributed by atoms with van der Waals surface area (Å²) in [6, 6.07) is 18.2. The summed E-state index contributed by atoms with van der Waals surface area (Å²) in [7, 11) is 1.56. The molecule has 0 atom stereocenters. The second kappa shape index (κ2) is 9.84. The summed E-state index contributed by atoms with van der Waals surface area (Å²) in [5, 5.41) is 8.54. The van der Waals surface area contributed by atoms with E-state index in [0.29, 0.717) is 23.4 Å². The molecule has 0 aliphatic rings. The maximum Gasteiger partial charge on any atom is 0.339 e. The van der Waals surface area contributed by atoms with Gasteiger partial charge in [0.2, 0.25) is 0 Å². The van der Waals surface area contributed by atoms with Crippen LogP contribution in [0.2, 0.25) is 0 Å². The van der Waals surface area contributed by atoms with Crippen LogP contribution in [0.1, 0.15) is 22.3 Å². The number of rotatable bonds is 8. The van der Waals surface area contributed by atoms with Gasteiger partial charge in [0.15, 0.2) is 6.61 Å². The molecule has 1 amide bonds. The average Bonchev–Trinajstić information content (AvgIpc) is 2.69. The molecule has 0 spiro atoms. The van der Waals surface area contributed by atoms with E-state index in [2.05, 4.69) is 0 Å². The van der Waals surface area contributed by atoms with Gasteiger partial charge in [0, 0.05) is 19.2 Å². The molecule has 2 aromatic rings.